The van der Waals surface area contributed by atoms with Crippen LogP contribution in [0.2, 0.25) is 0 Å². The molecule has 0 spiro atoms. The van der Waals surface area contributed by atoms with Gasteiger partial charge in [-0.3, -0.25) is 10.1 Å². The van der Waals surface area contributed by atoms with Crippen LogP contribution < -0.4 is 0 Å². The van der Waals surface area contributed by atoms with Crippen molar-refractivity contribution in [2.75, 3.05) is 0 Å². The van der Waals surface area contributed by atoms with Crippen molar-refractivity contribution < 1.29 is 14.8 Å². The molecule has 0 radical (unpaired) electrons. The molecule has 5 nitrogen and oxygen atoms in total. The fraction of sp³-hybridized carbons (Fsp3) is 0.333. The third kappa shape index (κ3) is 2.79. The van der Waals surface area contributed by atoms with Crippen molar-refractivity contribution in [3.8, 4) is 0 Å². The van der Waals surface area contributed by atoms with E-state index in [2.05, 4.69) is 0 Å². The highest BCUT2D eigenvalue weighted by atomic mass is 16.6. The largest absolute Gasteiger partial charge is 0.368 e. The summed E-state index contributed by atoms with van der Waals surface area (Å²) >= 11 is 0. The van der Waals surface area contributed by atoms with Crippen LogP contribution in [0.3, 0.4) is 0 Å². The first-order valence-electron chi connectivity index (χ1n) is 4.13. The Hall–Kier alpha value is -1.46. The summed E-state index contributed by atoms with van der Waals surface area (Å²) in [6, 6.07) is 6.28. The van der Waals surface area contributed by atoms with Crippen LogP contribution in [0.25, 0.3) is 0 Å². The molecule has 1 atom stereocenters. The normalized spacial score (nSPS) is 12.4. The number of hydrogen-bond donors (Lipinski definition) is 1. The molecule has 14 heavy (non-hydrogen) atoms. The molecule has 0 heterocycles. The van der Waals surface area contributed by atoms with Gasteiger partial charge in [0.15, 0.2) is 6.29 Å². The molecular formula is C9H11NO4. The molecule has 1 unspecified atom stereocenters. The van der Waals surface area contributed by atoms with Gasteiger partial charge < -0.3 is 9.84 Å². The van der Waals surface area contributed by atoms with Crippen LogP contribution in [0.5, 0.6) is 0 Å². The second kappa shape index (κ2) is 4.69. The van der Waals surface area contributed by atoms with Gasteiger partial charge in [-0.05, 0) is 13.0 Å². The van der Waals surface area contributed by atoms with E-state index >= 15 is 0 Å². The summed E-state index contributed by atoms with van der Waals surface area (Å²) in [5, 5.41) is 19.4. The first kappa shape index (κ1) is 10.6. The maximum atomic E-state index is 10.6. The van der Waals surface area contributed by atoms with Crippen molar-refractivity contribution in [1.82, 2.24) is 0 Å². The Balaban J connectivity index is 2.79. The molecule has 1 aromatic rings. The second-order valence-corrected chi connectivity index (χ2v) is 2.80. The summed E-state index contributed by atoms with van der Waals surface area (Å²) in [6.07, 6.45) is -0.921. The molecule has 76 valence electrons. The van der Waals surface area contributed by atoms with Gasteiger partial charge in [0.2, 0.25) is 0 Å². The van der Waals surface area contributed by atoms with Gasteiger partial charge in [-0.15, -0.1) is 0 Å². The Bertz CT molecular complexity index is 324. The first-order valence-corrected chi connectivity index (χ1v) is 4.13. The SMILES string of the molecule is CC(O)OCc1ccccc1[N+](=O)[O-]. The molecule has 5 heteroatoms. The molecule has 0 saturated heterocycles. The molecule has 0 saturated carbocycles. The third-order valence-corrected chi connectivity index (χ3v) is 1.67. The molecule has 0 aliphatic carbocycles. The Morgan fingerprint density at radius 1 is 1.57 bits per heavy atom. The van der Waals surface area contributed by atoms with Crippen LogP contribution >= 0.6 is 0 Å². The van der Waals surface area contributed by atoms with Crippen molar-refractivity contribution >= 4 is 5.69 Å². The van der Waals surface area contributed by atoms with Crippen molar-refractivity contribution in [2.24, 2.45) is 0 Å². The van der Waals surface area contributed by atoms with E-state index < -0.39 is 11.2 Å². The quantitative estimate of drug-likeness (QED) is 0.450. The minimum Gasteiger partial charge on any atom is -0.368 e. The molecular weight excluding hydrogens is 186 g/mol. The van der Waals surface area contributed by atoms with Gasteiger partial charge in [-0.25, -0.2) is 0 Å². The van der Waals surface area contributed by atoms with E-state index in [0.29, 0.717) is 5.56 Å². The number of para-hydroxylation sites is 1. The third-order valence-electron chi connectivity index (χ3n) is 1.67. The zero-order valence-electron chi connectivity index (χ0n) is 7.71. The van der Waals surface area contributed by atoms with Gasteiger partial charge in [-0.2, -0.15) is 0 Å². The Labute approximate surface area is 81.1 Å². The highest BCUT2D eigenvalue weighted by molar-refractivity contribution is 5.39. The topological polar surface area (TPSA) is 72.6 Å². The van der Waals surface area contributed by atoms with Gasteiger partial charge in [0, 0.05) is 6.07 Å². The van der Waals surface area contributed by atoms with Gasteiger partial charge >= 0.3 is 0 Å². The van der Waals surface area contributed by atoms with Crippen molar-refractivity contribution in [2.45, 2.75) is 19.8 Å². The van der Waals surface area contributed by atoms with Gasteiger partial charge in [0.05, 0.1) is 17.1 Å². The average molecular weight is 197 g/mol. The predicted molar refractivity (Wildman–Crippen MR) is 49.6 cm³/mol. The number of nitrogens with zero attached hydrogens (tertiary/aromatic N) is 1. The molecule has 0 aromatic heterocycles. The molecule has 0 bridgehead atoms. The average Bonchev–Trinajstić information content (AvgIpc) is 2.15. The Kier molecular flexibility index (Phi) is 3.55. The number of aliphatic hydroxyl groups excluding tert-OH is 1. The van der Waals surface area contributed by atoms with Crippen molar-refractivity contribution in [1.29, 1.82) is 0 Å². The molecule has 0 aliphatic heterocycles. The molecule has 0 amide bonds. The van der Waals surface area contributed by atoms with E-state index in [1.807, 2.05) is 0 Å². The lowest BCUT2D eigenvalue weighted by atomic mass is 10.2. The summed E-state index contributed by atoms with van der Waals surface area (Å²) in [5.74, 6) is 0. The second-order valence-electron chi connectivity index (χ2n) is 2.80. The zero-order valence-corrected chi connectivity index (χ0v) is 7.71. The van der Waals surface area contributed by atoms with E-state index in [1.165, 1.54) is 13.0 Å². The van der Waals surface area contributed by atoms with Crippen molar-refractivity contribution in [3.63, 3.8) is 0 Å². The van der Waals surface area contributed by atoms with Crippen LogP contribution in [0, 0.1) is 10.1 Å². The minimum absolute atomic E-state index is 0.00755. The summed E-state index contributed by atoms with van der Waals surface area (Å²) < 4.78 is 4.87. The zero-order chi connectivity index (χ0) is 10.6. The van der Waals surface area contributed by atoms with E-state index in [1.54, 1.807) is 18.2 Å². The summed E-state index contributed by atoms with van der Waals surface area (Å²) in [6.45, 7) is 1.49. The van der Waals surface area contributed by atoms with E-state index in [0.717, 1.165) is 0 Å². The fourth-order valence-electron chi connectivity index (χ4n) is 1.02. The Morgan fingerprint density at radius 2 is 2.21 bits per heavy atom. The maximum Gasteiger partial charge on any atom is 0.274 e. The molecule has 0 aliphatic rings. The fourth-order valence-corrected chi connectivity index (χ4v) is 1.02. The van der Waals surface area contributed by atoms with Crippen molar-refractivity contribution in [3.05, 3.63) is 39.9 Å². The van der Waals surface area contributed by atoms with Crippen LogP contribution in [-0.2, 0) is 11.3 Å². The lowest BCUT2D eigenvalue weighted by Crippen LogP contribution is -2.07. The molecule has 0 fully saturated rings. The van der Waals surface area contributed by atoms with Gasteiger partial charge in [0.25, 0.3) is 5.69 Å². The number of benzene rings is 1. The highest BCUT2D eigenvalue weighted by Crippen LogP contribution is 2.18. The van der Waals surface area contributed by atoms with Crippen LogP contribution in [0.4, 0.5) is 5.69 Å². The smallest absolute Gasteiger partial charge is 0.274 e. The number of nitro benzene ring substituents is 1. The number of aliphatic hydroxyl groups is 1. The monoisotopic (exact) mass is 197 g/mol. The maximum absolute atomic E-state index is 10.6. The lowest BCUT2D eigenvalue weighted by Gasteiger charge is -2.06. The first-order chi connectivity index (χ1) is 6.61. The van der Waals surface area contributed by atoms with Crippen LogP contribution in [-0.4, -0.2) is 16.3 Å². The van der Waals surface area contributed by atoms with E-state index in [-0.39, 0.29) is 12.3 Å². The number of nitro groups is 1. The van der Waals surface area contributed by atoms with Crippen LogP contribution in [0.15, 0.2) is 24.3 Å². The lowest BCUT2D eigenvalue weighted by molar-refractivity contribution is -0.386. The molecule has 1 rings (SSSR count). The van der Waals surface area contributed by atoms with Gasteiger partial charge in [-0.1, -0.05) is 12.1 Å². The highest BCUT2D eigenvalue weighted by Gasteiger charge is 2.12. The molecule has 1 aromatic carbocycles. The molecule has 1 N–H and O–H groups in total. The van der Waals surface area contributed by atoms with Crippen LogP contribution in [0.1, 0.15) is 12.5 Å². The summed E-state index contributed by atoms with van der Waals surface area (Å²) in [7, 11) is 0. The Morgan fingerprint density at radius 3 is 2.79 bits per heavy atom. The standard InChI is InChI=1S/C9H11NO4/c1-7(11)14-6-8-4-2-3-5-9(8)10(12)13/h2-5,7,11H,6H2,1H3. The number of hydrogen-bond acceptors (Lipinski definition) is 4. The summed E-state index contributed by atoms with van der Waals surface area (Å²) in [5.41, 5.74) is 0.464. The van der Waals surface area contributed by atoms with E-state index in [4.69, 9.17) is 9.84 Å². The minimum atomic E-state index is -0.921. The summed E-state index contributed by atoms with van der Waals surface area (Å²) in [4.78, 5) is 10.1. The predicted octanol–water partition coefficient (Wildman–Crippen LogP) is 1.45. The van der Waals surface area contributed by atoms with Gasteiger partial charge in [0.1, 0.15) is 0 Å². The number of ether oxygens (including phenoxy) is 1. The number of rotatable bonds is 4. The van der Waals surface area contributed by atoms with E-state index in [9.17, 15) is 10.1 Å².